The lowest BCUT2D eigenvalue weighted by Crippen LogP contribution is -2.23. The first-order valence-corrected chi connectivity index (χ1v) is 8.35. The van der Waals surface area contributed by atoms with Gasteiger partial charge in [-0.2, -0.15) is 0 Å². The van der Waals surface area contributed by atoms with Crippen molar-refractivity contribution in [1.82, 2.24) is 5.32 Å². The normalized spacial score (nSPS) is 12.4. The SMILES string of the molecule is CCNC(Cc1cc(C)cc(C)c1)c1cc(C)ccc1Br. The highest BCUT2D eigenvalue weighted by Crippen LogP contribution is 2.27. The van der Waals surface area contributed by atoms with E-state index in [0.717, 1.165) is 13.0 Å². The fourth-order valence-corrected chi connectivity index (χ4v) is 3.41. The smallest absolute Gasteiger partial charge is 0.0372 e. The quantitative estimate of drug-likeness (QED) is 0.778. The van der Waals surface area contributed by atoms with Crippen molar-refractivity contribution < 1.29 is 0 Å². The Morgan fingerprint density at radius 3 is 2.24 bits per heavy atom. The summed E-state index contributed by atoms with van der Waals surface area (Å²) in [4.78, 5) is 0. The molecule has 0 spiro atoms. The van der Waals surface area contributed by atoms with Gasteiger partial charge < -0.3 is 5.32 Å². The summed E-state index contributed by atoms with van der Waals surface area (Å²) in [6.07, 6.45) is 1.01. The zero-order valence-electron chi connectivity index (χ0n) is 13.3. The number of rotatable bonds is 5. The second kappa shape index (κ2) is 7.24. The van der Waals surface area contributed by atoms with Gasteiger partial charge in [-0.25, -0.2) is 0 Å². The summed E-state index contributed by atoms with van der Waals surface area (Å²) in [5.74, 6) is 0. The van der Waals surface area contributed by atoms with Crippen LogP contribution in [0.15, 0.2) is 40.9 Å². The van der Waals surface area contributed by atoms with Crippen molar-refractivity contribution >= 4 is 15.9 Å². The largest absolute Gasteiger partial charge is 0.310 e. The molecule has 0 radical (unpaired) electrons. The van der Waals surface area contributed by atoms with Crippen LogP contribution < -0.4 is 5.32 Å². The Labute approximate surface area is 136 Å². The van der Waals surface area contributed by atoms with E-state index in [1.54, 1.807) is 0 Å². The van der Waals surface area contributed by atoms with Gasteiger partial charge in [0.1, 0.15) is 0 Å². The maximum Gasteiger partial charge on any atom is 0.0372 e. The number of halogens is 1. The van der Waals surface area contributed by atoms with Crippen molar-refractivity contribution in [3.63, 3.8) is 0 Å². The minimum Gasteiger partial charge on any atom is -0.310 e. The zero-order valence-corrected chi connectivity index (χ0v) is 14.9. The lowest BCUT2D eigenvalue weighted by molar-refractivity contribution is 0.547. The Hall–Kier alpha value is -1.12. The molecule has 0 bridgehead atoms. The summed E-state index contributed by atoms with van der Waals surface area (Å²) < 4.78 is 1.18. The third-order valence-corrected chi connectivity index (χ3v) is 4.42. The summed E-state index contributed by atoms with van der Waals surface area (Å²) in [6.45, 7) is 9.62. The summed E-state index contributed by atoms with van der Waals surface area (Å²) in [5, 5.41) is 3.62. The van der Waals surface area contributed by atoms with Gasteiger partial charge in [0.05, 0.1) is 0 Å². The summed E-state index contributed by atoms with van der Waals surface area (Å²) in [6, 6.07) is 13.7. The number of nitrogens with one attached hydrogen (secondary N) is 1. The number of likely N-dealkylation sites (N-methyl/N-ethyl adjacent to an activating group) is 1. The number of hydrogen-bond donors (Lipinski definition) is 1. The average Bonchev–Trinajstić information content (AvgIpc) is 2.40. The van der Waals surface area contributed by atoms with Crippen molar-refractivity contribution in [3.05, 3.63) is 68.7 Å². The molecule has 0 heterocycles. The molecule has 21 heavy (non-hydrogen) atoms. The molecule has 1 unspecified atom stereocenters. The lowest BCUT2D eigenvalue weighted by atomic mass is 9.95. The van der Waals surface area contributed by atoms with Crippen LogP contribution in [-0.2, 0) is 6.42 Å². The highest BCUT2D eigenvalue weighted by molar-refractivity contribution is 9.10. The minimum absolute atomic E-state index is 0.338. The molecule has 1 atom stereocenters. The monoisotopic (exact) mass is 345 g/mol. The van der Waals surface area contributed by atoms with E-state index < -0.39 is 0 Å². The first kappa shape index (κ1) is 16.3. The third-order valence-electron chi connectivity index (χ3n) is 3.70. The second-order valence-corrected chi connectivity index (χ2v) is 6.69. The van der Waals surface area contributed by atoms with Gasteiger partial charge in [0, 0.05) is 10.5 Å². The van der Waals surface area contributed by atoms with Gasteiger partial charge in [-0.1, -0.05) is 69.9 Å². The highest BCUT2D eigenvalue weighted by atomic mass is 79.9. The Kier molecular flexibility index (Phi) is 5.60. The number of benzene rings is 2. The van der Waals surface area contributed by atoms with Crippen LogP contribution in [0, 0.1) is 20.8 Å². The van der Waals surface area contributed by atoms with Crippen LogP contribution in [0.4, 0.5) is 0 Å². The van der Waals surface area contributed by atoms with Crippen LogP contribution in [0.5, 0.6) is 0 Å². The van der Waals surface area contributed by atoms with Crippen LogP contribution in [0.3, 0.4) is 0 Å². The summed E-state index contributed by atoms with van der Waals surface area (Å²) >= 11 is 3.70. The molecule has 1 nitrogen and oxygen atoms in total. The van der Waals surface area contributed by atoms with E-state index in [0.29, 0.717) is 6.04 Å². The number of aryl methyl sites for hydroxylation is 3. The van der Waals surface area contributed by atoms with Crippen molar-refractivity contribution in [2.45, 2.75) is 40.2 Å². The first-order valence-electron chi connectivity index (χ1n) is 7.56. The average molecular weight is 346 g/mol. The molecule has 1 N–H and O–H groups in total. The molecule has 0 fully saturated rings. The molecule has 0 aliphatic heterocycles. The lowest BCUT2D eigenvalue weighted by Gasteiger charge is -2.21. The molecular formula is C19H24BrN. The Balaban J connectivity index is 2.32. The Bertz CT molecular complexity index is 599. The molecule has 2 aromatic rings. The molecule has 0 aromatic heterocycles. The van der Waals surface area contributed by atoms with Crippen LogP contribution in [0.1, 0.15) is 40.8 Å². The van der Waals surface area contributed by atoms with Gasteiger partial charge in [0.25, 0.3) is 0 Å². The standard InChI is InChI=1S/C19H24BrN/c1-5-21-19(17-11-13(2)6-7-18(17)20)12-16-9-14(3)8-15(4)10-16/h6-11,19,21H,5,12H2,1-4H3. The van der Waals surface area contributed by atoms with Crippen molar-refractivity contribution in [2.75, 3.05) is 6.54 Å². The highest BCUT2D eigenvalue weighted by Gasteiger charge is 2.15. The molecule has 0 aliphatic carbocycles. The van der Waals surface area contributed by atoms with E-state index in [4.69, 9.17) is 0 Å². The molecule has 0 amide bonds. The first-order chi connectivity index (χ1) is 9.99. The molecule has 0 aliphatic rings. The van der Waals surface area contributed by atoms with Crippen LogP contribution in [-0.4, -0.2) is 6.54 Å². The van der Waals surface area contributed by atoms with E-state index in [-0.39, 0.29) is 0 Å². The summed E-state index contributed by atoms with van der Waals surface area (Å²) in [5.41, 5.74) is 6.71. The maximum atomic E-state index is 3.70. The predicted octanol–water partition coefficient (Wildman–Crippen LogP) is 5.27. The molecule has 0 saturated carbocycles. The maximum absolute atomic E-state index is 3.70. The van der Waals surface area contributed by atoms with Crippen molar-refractivity contribution in [3.8, 4) is 0 Å². The van der Waals surface area contributed by atoms with Gasteiger partial charge in [-0.15, -0.1) is 0 Å². The fourth-order valence-electron chi connectivity index (χ4n) is 2.89. The van der Waals surface area contributed by atoms with Gasteiger partial charge >= 0.3 is 0 Å². The minimum atomic E-state index is 0.338. The van der Waals surface area contributed by atoms with E-state index in [1.807, 2.05) is 0 Å². The molecule has 2 heteroatoms. The van der Waals surface area contributed by atoms with Crippen LogP contribution >= 0.6 is 15.9 Å². The summed E-state index contributed by atoms with van der Waals surface area (Å²) in [7, 11) is 0. The van der Waals surface area contributed by atoms with Crippen molar-refractivity contribution in [1.29, 1.82) is 0 Å². The predicted molar refractivity (Wildman–Crippen MR) is 94.9 cm³/mol. The van der Waals surface area contributed by atoms with Gasteiger partial charge in [-0.05, 0) is 50.9 Å². The van der Waals surface area contributed by atoms with Crippen LogP contribution in [0.2, 0.25) is 0 Å². The van der Waals surface area contributed by atoms with Crippen LogP contribution in [0.25, 0.3) is 0 Å². The number of hydrogen-bond acceptors (Lipinski definition) is 1. The Morgan fingerprint density at radius 2 is 1.62 bits per heavy atom. The fraction of sp³-hybridized carbons (Fsp3) is 0.368. The Morgan fingerprint density at radius 1 is 0.952 bits per heavy atom. The van der Waals surface area contributed by atoms with E-state index in [9.17, 15) is 0 Å². The van der Waals surface area contributed by atoms with E-state index in [2.05, 4.69) is 85.3 Å². The molecule has 2 rings (SSSR count). The van der Waals surface area contributed by atoms with Gasteiger partial charge in [-0.3, -0.25) is 0 Å². The molecular weight excluding hydrogens is 322 g/mol. The zero-order chi connectivity index (χ0) is 15.4. The van der Waals surface area contributed by atoms with E-state index in [1.165, 1.54) is 32.3 Å². The molecule has 112 valence electrons. The molecule has 2 aromatic carbocycles. The van der Waals surface area contributed by atoms with Crippen molar-refractivity contribution in [2.24, 2.45) is 0 Å². The third kappa shape index (κ3) is 4.42. The topological polar surface area (TPSA) is 12.0 Å². The second-order valence-electron chi connectivity index (χ2n) is 5.84. The van der Waals surface area contributed by atoms with Gasteiger partial charge in [0.15, 0.2) is 0 Å². The molecule has 0 saturated heterocycles. The van der Waals surface area contributed by atoms with Gasteiger partial charge in [0.2, 0.25) is 0 Å². The van der Waals surface area contributed by atoms with E-state index >= 15 is 0 Å².